The number of carbonyl (C=O) groups is 1. The summed E-state index contributed by atoms with van der Waals surface area (Å²) in [6.45, 7) is 0.623. The van der Waals surface area contributed by atoms with E-state index in [4.69, 9.17) is 5.26 Å². The molecule has 3 rings (SSSR count). The highest BCUT2D eigenvalue weighted by molar-refractivity contribution is 5.80. The molecule has 1 aliphatic heterocycles. The van der Waals surface area contributed by atoms with E-state index in [1.807, 2.05) is 43.6 Å². The molecule has 0 saturated carbocycles. The number of hydrogen-bond acceptors (Lipinski definition) is 4. The molecule has 1 saturated heterocycles. The van der Waals surface area contributed by atoms with E-state index in [-0.39, 0.29) is 18.0 Å². The first-order valence-electron chi connectivity index (χ1n) is 7.57. The molecule has 0 bridgehead atoms. The predicted molar refractivity (Wildman–Crippen MR) is 86.1 cm³/mol. The van der Waals surface area contributed by atoms with Crippen LogP contribution in [0.4, 0.5) is 0 Å². The third kappa shape index (κ3) is 3.22. The summed E-state index contributed by atoms with van der Waals surface area (Å²) in [5, 5.41) is 12.4. The van der Waals surface area contributed by atoms with E-state index in [0.29, 0.717) is 18.5 Å². The lowest BCUT2D eigenvalue weighted by Gasteiger charge is -2.25. The molecule has 1 N–H and O–H groups in total. The molecule has 1 fully saturated rings. The van der Waals surface area contributed by atoms with Crippen molar-refractivity contribution in [2.24, 2.45) is 0 Å². The van der Waals surface area contributed by atoms with Crippen molar-refractivity contribution in [2.45, 2.75) is 25.0 Å². The number of benzene rings is 1. The Hall–Kier alpha value is -2.71. The van der Waals surface area contributed by atoms with Crippen LogP contribution in [0.5, 0.6) is 0 Å². The number of nitrogens with one attached hydrogen (secondary N) is 1. The minimum Gasteiger partial charge on any atom is -0.337 e. The maximum Gasteiger partial charge on any atom is 0.224 e. The number of likely N-dealkylation sites (N-methyl/N-ethyl adjacent to an activating group) is 1. The Labute approximate surface area is 135 Å². The second-order valence-electron chi connectivity index (χ2n) is 5.74. The monoisotopic (exact) mass is 306 g/mol. The van der Waals surface area contributed by atoms with Gasteiger partial charge in [0.1, 0.15) is 0 Å². The summed E-state index contributed by atoms with van der Waals surface area (Å²) in [6.07, 6.45) is 4.01. The van der Waals surface area contributed by atoms with Gasteiger partial charge in [-0.1, -0.05) is 18.2 Å². The van der Waals surface area contributed by atoms with Gasteiger partial charge in [-0.2, -0.15) is 5.26 Å². The standard InChI is InChI=1S/C18H18N4O/c1-22-17(23)9-16(18(22)15-6-3-7-20-12-15)21-11-14-5-2-4-13(8-14)10-19/h2-8,12,16,18,21H,9,11H2,1H3/t16-,18+/m1/s1. The van der Waals surface area contributed by atoms with Gasteiger partial charge in [0, 0.05) is 38.4 Å². The van der Waals surface area contributed by atoms with Crippen molar-refractivity contribution in [1.29, 1.82) is 5.26 Å². The molecule has 116 valence electrons. The second-order valence-corrected chi connectivity index (χ2v) is 5.74. The normalized spacial score (nSPS) is 20.5. The van der Waals surface area contributed by atoms with Crippen LogP contribution >= 0.6 is 0 Å². The summed E-state index contributed by atoms with van der Waals surface area (Å²) in [7, 11) is 1.83. The first kappa shape index (κ1) is 15.2. The van der Waals surface area contributed by atoms with Crippen molar-refractivity contribution in [3.05, 3.63) is 65.5 Å². The molecule has 2 atom stereocenters. The van der Waals surface area contributed by atoms with Gasteiger partial charge in [0.2, 0.25) is 5.91 Å². The van der Waals surface area contributed by atoms with Gasteiger partial charge in [-0.05, 0) is 29.3 Å². The summed E-state index contributed by atoms with van der Waals surface area (Å²) >= 11 is 0. The van der Waals surface area contributed by atoms with E-state index in [2.05, 4.69) is 16.4 Å². The summed E-state index contributed by atoms with van der Waals surface area (Å²) in [5.41, 5.74) is 2.72. The fourth-order valence-corrected chi connectivity index (χ4v) is 3.06. The second kappa shape index (κ2) is 6.59. The van der Waals surface area contributed by atoms with Crippen LogP contribution in [0.1, 0.15) is 29.2 Å². The lowest BCUT2D eigenvalue weighted by Crippen LogP contribution is -2.34. The Morgan fingerprint density at radius 3 is 3.00 bits per heavy atom. The average Bonchev–Trinajstić information content (AvgIpc) is 2.88. The van der Waals surface area contributed by atoms with Crippen LogP contribution < -0.4 is 5.32 Å². The maximum absolute atomic E-state index is 12.1. The zero-order valence-corrected chi connectivity index (χ0v) is 12.9. The highest BCUT2D eigenvalue weighted by Crippen LogP contribution is 2.31. The Morgan fingerprint density at radius 2 is 2.26 bits per heavy atom. The van der Waals surface area contributed by atoms with Gasteiger partial charge < -0.3 is 10.2 Å². The van der Waals surface area contributed by atoms with Crippen LogP contribution in [0.15, 0.2) is 48.8 Å². The van der Waals surface area contributed by atoms with E-state index in [9.17, 15) is 4.79 Å². The third-order valence-electron chi connectivity index (χ3n) is 4.24. The lowest BCUT2D eigenvalue weighted by atomic mass is 10.0. The van der Waals surface area contributed by atoms with Crippen molar-refractivity contribution in [3.63, 3.8) is 0 Å². The van der Waals surface area contributed by atoms with E-state index < -0.39 is 0 Å². The average molecular weight is 306 g/mol. The zero-order valence-electron chi connectivity index (χ0n) is 12.9. The van der Waals surface area contributed by atoms with E-state index in [0.717, 1.165) is 11.1 Å². The minimum absolute atomic E-state index is 0.0182. The lowest BCUT2D eigenvalue weighted by molar-refractivity contribution is -0.127. The molecule has 5 heteroatoms. The number of nitriles is 1. The molecular weight excluding hydrogens is 288 g/mol. The molecular formula is C18H18N4O. The molecule has 0 spiro atoms. The Morgan fingerprint density at radius 1 is 1.39 bits per heavy atom. The van der Waals surface area contributed by atoms with Crippen LogP contribution in [0.25, 0.3) is 0 Å². The molecule has 0 aliphatic carbocycles. The summed E-state index contributed by atoms with van der Waals surface area (Å²) in [5.74, 6) is 0.127. The molecule has 2 heterocycles. The van der Waals surface area contributed by atoms with Gasteiger partial charge >= 0.3 is 0 Å². The smallest absolute Gasteiger partial charge is 0.224 e. The number of carbonyl (C=O) groups excluding carboxylic acids is 1. The molecule has 1 amide bonds. The van der Waals surface area contributed by atoms with Gasteiger partial charge in [0.05, 0.1) is 17.7 Å². The molecule has 1 aliphatic rings. The number of pyridine rings is 1. The van der Waals surface area contributed by atoms with E-state index >= 15 is 0 Å². The predicted octanol–water partition coefficient (Wildman–Crippen LogP) is 2.01. The summed E-state index contributed by atoms with van der Waals surface area (Å²) < 4.78 is 0. The van der Waals surface area contributed by atoms with Gasteiger partial charge in [0.25, 0.3) is 0 Å². The number of rotatable bonds is 4. The number of hydrogen-bond donors (Lipinski definition) is 1. The van der Waals surface area contributed by atoms with Crippen LogP contribution in [0.3, 0.4) is 0 Å². The van der Waals surface area contributed by atoms with Crippen molar-refractivity contribution in [1.82, 2.24) is 15.2 Å². The molecule has 0 radical (unpaired) electrons. The fraction of sp³-hybridized carbons (Fsp3) is 0.278. The van der Waals surface area contributed by atoms with Crippen LogP contribution in [-0.2, 0) is 11.3 Å². The van der Waals surface area contributed by atoms with Crippen LogP contribution in [0, 0.1) is 11.3 Å². The van der Waals surface area contributed by atoms with E-state index in [1.54, 1.807) is 17.2 Å². The fourth-order valence-electron chi connectivity index (χ4n) is 3.06. The minimum atomic E-state index is -0.0182. The summed E-state index contributed by atoms with van der Waals surface area (Å²) in [4.78, 5) is 18.0. The number of aromatic nitrogens is 1. The highest BCUT2D eigenvalue weighted by atomic mass is 16.2. The number of likely N-dealkylation sites (tertiary alicyclic amines) is 1. The van der Waals surface area contributed by atoms with Gasteiger partial charge in [-0.15, -0.1) is 0 Å². The first-order valence-corrected chi connectivity index (χ1v) is 7.57. The zero-order chi connectivity index (χ0) is 16.2. The van der Waals surface area contributed by atoms with Gasteiger partial charge in [-0.25, -0.2) is 0 Å². The molecule has 0 unspecified atom stereocenters. The Kier molecular flexibility index (Phi) is 4.35. The van der Waals surface area contributed by atoms with Gasteiger partial charge in [-0.3, -0.25) is 9.78 Å². The van der Waals surface area contributed by atoms with Crippen molar-refractivity contribution in [2.75, 3.05) is 7.05 Å². The SMILES string of the molecule is CN1C(=O)C[C@@H](NCc2cccc(C#N)c2)[C@@H]1c1cccnc1. The molecule has 1 aromatic heterocycles. The molecule has 5 nitrogen and oxygen atoms in total. The molecule has 2 aromatic rings. The first-order chi connectivity index (χ1) is 11.2. The third-order valence-corrected chi connectivity index (χ3v) is 4.24. The van der Waals surface area contributed by atoms with Gasteiger partial charge in [0.15, 0.2) is 0 Å². The molecule has 23 heavy (non-hydrogen) atoms. The molecule has 1 aromatic carbocycles. The number of amides is 1. The quantitative estimate of drug-likeness (QED) is 0.938. The Bertz CT molecular complexity index is 738. The van der Waals surface area contributed by atoms with Crippen molar-refractivity contribution >= 4 is 5.91 Å². The topological polar surface area (TPSA) is 69.0 Å². The summed E-state index contributed by atoms with van der Waals surface area (Å²) in [6, 6.07) is 13.6. The van der Waals surface area contributed by atoms with Crippen LogP contribution in [0.2, 0.25) is 0 Å². The number of nitrogens with zero attached hydrogens (tertiary/aromatic N) is 3. The van der Waals surface area contributed by atoms with E-state index in [1.165, 1.54) is 0 Å². The largest absolute Gasteiger partial charge is 0.337 e. The highest BCUT2D eigenvalue weighted by Gasteiger charge is 2.38. The van der Waals surface area contributed by atoms with Crippen molar-refractivity contribution in [3.8, 4) is 6.07 Å². The Balaban J connectivity index is 1.75. The van der Waals surface area contributed by atoms with Crippen LogP contribution in [-0.4, -0.2) is 28.9 Å². The maximum atomic E-state index is 12.1. The van der Waals surface area contributed by atoms with Crippen molar-refractivity contribution < 1.29 is 4.79 Å².